The molecular formula is C31H33FN4O2. The molecule has 5 rings (SSSR count). The Bertz CT molecular complexity index is 1420. The van der Waals surface area contributed by atoms with Crippen molar-refractivity contribution in [1.29, 1.82) is 0 Å². The molecule has 0 saturated carbocycles. The van der Waals surface area contributed by atoms with Gasteiger partial charge in [-0.1, -0.05) is 44.2 Å². The number of aromatic amines is 1. The van der Waals surface area contributed by atoms with E-state index in [-0.39, 0.29) is 30.1 Å². The summed E-state index contributed by atoms with van der Waals surface area (Å²) in [5.74, 6) is 0.735. The molecule has 2 aromatic carbocycles. The Morgan fingerprint density at radius 1 is 1.05 bits per heavy atom. The molecular weight excluding hydrogens is 479 g/mol. The number of hydrogen-bond donors (Lipinski definition) is 2. The van der Waals surface area contributed by atoms with Gasteiger partial charge in [0.25, 0.3) is 0 Å². The lowest BCUT2D eigenvalue weighted by molar-refractivity contribution is -0.121. The van der Waals surface area contributed by atoms with Crippen LogP contribution in [0.4, 0.5) is 4.39 Å². The highest BCUT2D eigenvalue weighted by atomic mass is 19.1. The number of pyridine rings is 1. The lowest BCUT2D eigenvalue weighted by Crippen LogP contribution is -2.39. The maximum atomic E-state index is 15.0. The molecule has 0 aliphatic carbocycles. The Labute approximate surface area is 222 Å². The smallest absolute Gasteiger partial charge is 0.224 e. The molecule has 196 valence electrons. The van der Waals surface area contributed by atoms with Crippen LogP contribution in [0.15, 0.2) is 60.7 Å². The molecule has 1 fully saturated rings. The van der Waals surface area contributed by atoms with Gasteiger partial charge in [-0.2, -0.15) is 0 Å². The zero-order valence-corrected chi connectivity index (χ0v) is 22.1. The lowest BCUT2D eigenvalue weighted by Gasteiger charge is -2.23. The van der Waals surface area contributed by atoms with Crippen molar-refractivity contribution in [3.8, 4) is 33.8 Å². The number of nitrogens with one attached hydrogen (secondary N) is 2. The second-order valence-electron chi connectivity index (χ2n) is 10.2. The van der Waals surface area contributed by atoms with E-state index in [0.29, 0.717) is 18.8 Å². The Kier molecular flexibility index (Phi) is 7.65. The van der Waals surface area contributed by atoms with Crippen molar-refractivity contribution < 1.29 is 13.9 Å². The van der Waals surface area contributed by atoms with Crippen LogP contribution in [0.5, 0.6) is 0 Å². The maximum Gasteiger partial charge on any atom is 0.224 e. The van der Waals surface area contributed by atoms with E-state index >= 15 is 4.39 Å². The Morgan fingerprint density at radius 2 is 1.79 bits per heavy atom. The summed E-state index contributed by atoms with van der Waals surface area (Å²) in [6, 6.07) is 18.6. The predicted molar refractivity (Wildman–Crippen MR) is 147 cm³/mol. The molecule has 0 spiro atoms. The van der Waals surface area contributed by atoms with Crippen LogP contribution >= 0.6 is 0 Å². The van der Waals surface area contributed by atoms with E-state index in [2.05, 4.69) is 29.1 Å². The Morgan fingerprint density at radius 3 is 2.50 bits per heavy atom. The fourth-order valence-electron chi connectivity index (χ4n) is 4.74. The molecule has 38 heavy (non-hydrogen) atoms. The van der Waals surface area contributed by atoms with Crippen LogP contribution in [0, 0.1) is 12.7 Å². The monoisotopic (exact) mass is 512 g/mol. The van der Waals surface area contributed by atoms with Gasteiger partial charge in [0.15, 0.2) is 0 Å². The molecule has 1 amide bonds. The highest BCUT2D eigenvalue weighted by molar-refractivity contribution is 5.81. The van der Waals surface area contributed by atoms with Crippen molar-refractivity contribution in [2.24, 2.45) is 0 Å². The van der Waals surface area contributed by atoms with Gasteiger partial charge in [0.1, 0.15) is 11.6 Å². The summed E-state index contributed by atoms with van der Waals surface area (Å²) in [7, 11) is 0. The predicted octanol–water partition coefficient (Wildman–Crippen LogP) is 6.21. The number of halogens is 1. The Balaban J connectivity index is 1.41. The fraction of sp³-hybridized carbons (Fsp3) is 0.323. The summed E-state index contributed by atoms with van der Waals surface area (Å²) in [4.78, 5) is 25.5. The van der Waals surface area contributed by atoms with Crippen molar-refractivity contribution in [3.05, 3.63) is 83.6 Å². The quantitative estimate of drug-likeness (QED) is 0.308. The van der Waals surface area contributed by atoms with Crippen molar-refractivity contribution in [3.63, 3.8) is 0 Å². The number of ether oxygens (including phenoxy) is 1. The van der Waals surface area contributed by atoms with Gasteiger partial charge < -0.3 is 15.0 Å². The number of carbonyl (C=O) groups excluding carboxylic acids is 1. The maximum absolute atomic E-state index is 15.0. The van der Waals surface area contributed by atoms with Gasteiger partial charge in [0, 0.05) is 42.0 Å². The zero-order valence-electron chi connectivity index (χ0n) is 22.1. The first-order valence-electron chi connectivity index (χ1n) is 13.2. The zero-order chi connectivity index (χ0) is 26.6. The molecule has 0 bridgehead atoms. The molecule has 1 aliphatic rings. The van der Waals surface area contributed by atoms with Gasteiger partial charge in [0.2, 0.25) is 5.91 Å². The van der Waals surface area contributed by atoms with Crippen molar-refractivity contribution in [2.45, 2.75) is 52.0 Å². The van der Waals surface area contributed by atoms with E-state index in [1.54, 1.807) is 6.07 Å². The minimum atomic E-state index is -0.311. The molecule has 0 unspecified atom stereocenters. The minimum absolute atomic E-state index is 0.00500. The lowest BCUT2D eigenvalue weighted by atomic mass is 9.98. The average molecular weight is 513 g/mol. The number of imidazole rings is 1. The first-order valence-corrected chi connectivity index (χ1v) is 13.2. The van der Waals surface area contributed by atoms with Crippen molar-refractivity contribution >= 4 is 5.91 Å². The van der Waals surface area contributed by atoms with Crippen LogP contribution in [-0.2, 0) is 16.0 Å². The van der Waals surface area contributed by atoms with E-state index in [4.69, 9.17) is 9.72 Å². The van der Waals surface area contributed by atoms with Gasteiger partial charge in [-0.15, -0.1) is 0 Å². The number of hydrogen-bond acceptors (Lipinski definition) is 4. The number of aryl methyl sites for hydroxylation is 1. The van der Waals surface area contributed by atoms with E-state index in [1.165, 1.54) is 6.07 Å². The number of nitrogens with zero attached hydrogens (tertiary/aromatic N) is 2. The standard InChI is InChI=1S/C31H33FN4O2/c1-19(2)31-35-29(30(36-31)27-6-4-5-20(3)33-27)23-11-12-26(32)25(18-23)22-9-7-21(8-10-22)17-28(37)34-24-13-15-38-16-14-24/h4-12,18-19,24H,13-17H2,1-3H3,(H,34,37)(H,35,36). The number of amides is 1. The molecule has 0 atom stereocenters. The number of rotatable bonds is 7. The SMILES string of the molecule is Cc1cccc(-c2[nH]c(C(C)C)nc2-c2ccc(F)c(-c3ccc(CC(=O)NC4CCOCC4)cc3)c2)n1. The van der Waals surface area contributed by atoms with E-state index in [1.807, 2.05) is 55.5 Å². The second-order valence-corrected chi connectivity index (χ2v) is 10.2. The van der Waals surface area contributed by atoms with Crippen LogP contribution in [-0.4, -0.2) is 40.1 Å². The number of benzene rings is 2. The van der Waals surface area contributed by atoms with Crippen LogP contribution in [0.1, 0.15) is 49.7 Å². The molecule has 2 N–H and O–H groups in total. The largest absolute Gasteiger partial charge is 0.381 e. The van der Waals surface area contributed by atoms with Crippen LogP contribution in [0.25, 0.3) is 33.8 Å². The first kappa shape index (κ1) is 25.8. The molecule has 1 saturated heterocycles. The summed E-state index contributed by atoms with van der Waals surface area (Å²) in [6.07, 6.45) is 1.98. The molecule has 7 heteroatoms. The molecule has 2 aromatic heterocycles. The summed E-state index contributed by atoms with van der Waals surface area (Å²) in [5, 5.41) is 3.09. The summed E-state index contributed by atoms with van der Waals surface area (Å²) < 4.78 is 20.4. The van der Waals surface area contributed by atoms with E-state index in [0.717, 1.165) is 58.1 Å². The highest BCUT2D eigenvalue weighted by Crippen LogP contribution is 2.34. The van der Waals surface area contributed by atoms with Gasteiger partial charge in [-0.05, 0) is 61.2 Å². The van der Waals surface area contributed by atoms with Crippen molar-refractivity contribution in [1.82, 2.24) is 20.3 Å². The molecule has 4 aromatic rings. The normalized spacial score (nSPS) is 14.1. The Hall–Kier alpha value is -3.84. The summed E-state index contributed by atoms with van der Waals surface area (Å²) in [5.41, 5.74) is 6.20. The average Bonchev–Trinajstić information content (AvgIpc) is 3.36. The summed E-state index contributed by atoms with van der Waals surface area (Å²) >= 11 is 0. The molecule has 1 aliphatic heterocycles. The van der Waals surface area contributed by atoms with Gasteiger partial charge in [-0.25, -0.2) is 9.37 Å². The number of H-pyrrole nitrogens is 1. The van der Waals surface area contributed by atoms with Gasteiger partial charge in [0.05, 0.1) is 23.5 Å². The number of carbonyl (C=O) groups is 1. The third-order valence-electron chi connectivity index (χ3n) is 6.87. The molecule has 0 radical (unpaired) electrons. The summed E-state index contributed by atoms with van der Waals surface area (Å²) in [6.45, 7) is 7.49. The fourth-order valence-corrected chi connectivity index (χ4v) is 4.74. The second kappa shape index (κ2) is 11.3. The first-order chi connectivity index (χ1) is 18.4. The van der Waals surface area contributed by atoms with Crippen LogP contribution in [0.2, 0.25) is 0 Å². The third-order valence-corrected chi connectivity index (χ3v) is 6.87. The molecule has 3 heterocycles. The molecule has 6 nitrogen and oxygen atoms in total. The number of aromatic nitrogens is 3. The van der Waals surface area contributed by atoms with Crippen molar-refractivity contribution in [2.75, 3.05) is 13.2 Å². The van der Waals surface area contributed by atoms with Gasteiger partial charge >= 0.3 is 0 Å². The highest BCUT2D eigenvalue weighted by Gasteiger charge is 2.19. The van der Waals surface area contributed by atoms with Gasteiger partial charge in [-0.3, -0.25) is 9.78 Å². The van der Waals surface area contributed by atoms with Crippen LogP contribution < -0.4 is 5.32 Å². The van der Waals surface area contributed by atoms with E-state index < -0.39 is 0 Å². The van der Waals surface area contributed by atoms with Crippen LogP contribution in [0.3, 0.4) is 0 Å². The topological polar surface area (TPSA) is 79.9 Å². The van der Waals surface area contributed by atoms with E-state index in [9.17, 15) is 4.79 Å². The minimum Gasteiger partial charge on any atom is -0.381 e. The third kappa shape index (κ3) is 5.83.